The summed E-state index contributed by atoms with van der Waals surface area (Å²) in [5, 5.41) is 0. The van der Waals surface area contributed by atoms with Crippen LogP contribution in [-0.4, -0.2) is 27.9 Å². The van der Waals surface area contributed by atoms with Gasteiger partial charge in [0, 0.05) is 11.1 Å². The van der Waals surface area contributed by atoms with Crippen molar-refractivity contribution in [3.05, 3.63) is 58.0 Å². The lowest BCUT2D eigenvalue weighted by molar-refractivity contribution is -0.129. The van der Waals surface area contributed by atoms with E-state index in [0.29, 0.717) is 5.69 Å². The lowest BCUT2D eigenvalue weighted by Crippen LogP contribution is -2.10. The normalized spacial score (nSPS) is 15.7. The number of ether oxygens (including phenoxy) is 2. The number of hydrogen-bond acceptors (Lipinski definition) is 6. The van der Waals surface area contributed by atoms with Gasteiger partial charge in [-0.05, 0) is 32.1 Å². The van der Waals surface area contributed by atoms with E-state index in [-0.39, 0.29) is 22.9 Å². The van der Waals surface area contributed by atoms with Crippen molar-refractivity contribution in [2.75, 3.05) is 0 Å². The molecule has 1 aliphatic heterocycles. The number of alkyl halides is 2. The SMILES string of the molecule is Cc1cn2c(/C=C3\N=C(c4ccccc4OC(F)F)OC3=O)c(C)nc2s1. The van der Waals surface area contributed by atoms with Crippen molar-refractivity contribution >= 4 is 34.2 Å². The number of para-hydroxylation sites is 1. The third-order valence-electron chi connectivity index (χ3n) is 3.89. The van der Waals surface area contributed by atoms with Gasteiger partial charge in [0.1, 0.15) is 5.75 Å². The Labute approximate surface area is 156 Å². The third-order valence-corrected chi connectivity index (χ3v) is 4.79. The molecule has 0 atom stereocenters. The van der Waals surface area contributed by atoms with Crippen molar-refractivity contribution in [1.29, 1.82) is 0 Å². The third kappa shape index (κ3) is 3.21. The van der Waals surface area contributed by atoms with Crippen molar-refractivity contribution in [3.8, 4) is 5.75 Å². The highest BCUT2D eigenvalue weighted by Crippen LogP contribution is 2.28. The Morgan fingerprint density at radius 1 is 1.30 bits per heavy atom. The zero-order chi connectivity index (χ0) is 19.1. The lowest BCUT2D eigenvalue weighted by atomic mass is 10.2. The maximum Gasteiger partial charge on any atom is 0.387 e. The molecule has 4 rings (SSSR count). The van der Waals surface area contributed by atoms with Crippen molar-refractivity contribution in [1.82, 2.24) is 9.38 Å². The molecule has 2 aromatic heterocycles. The number of rotatable bonds is 4. The first kappa shape index (κ1) is 17.3. The van der Waals surface area contributed by atoms with Gasteiger partial charge in [-0.3, -0.25) is 4.40 Å². The van der Waals surface area contributed by atoms with Crippen molar-refractivity contribution < 1.29 is 23.0 Å². The van der Waals surface area contributed by atoms with E-state index in [1.165, 1.54) is 23.5 Å². The Kier molecular flexibility index (Phi) is 4.23. The van der Waals surface area contributed by atoms with Crippen LogP contribution in [0.4, 0.5) is 8.78 Å². The number of carbonyl (C=O) groups is 1. The predicted octanol–water partition coefficient (Wildman–Crippen LogP) is 3.96. The van der Waals surface area contributed by atoms with E-state index in [2.05, 4.69) is 14.7 Å². The first-order valence-corrected chi connectivity index (χ1v) is 8.76. The molecule has 0 radical (unpaired) electrons. The van der Waals surface area contributed by atoms with Crippen LogP contribution in [0.25, 0.3) is 11.0 Å². The van der Waals surface area contributed by atoms with Crippen LogP contribution >= 0.6 is 11.3 Å². The molecule has 0 saturated carbocycles. The van der Waals surface area contributed by atoms with E-state index in [4.69, 9.17) is 4.74 Å². The zero-order valence-electron chi connectivity index (χ0n) is 14.3. The number of benzene rings is 1. The molecule has 1 aromatic carbocycles. The molecular formula is C18H13F2N3O3S. The fourth-order valence-corrected chi connectivity index (χ4v) is 3.63. The molecule has 0 fully saturated rings. The quantitative estimate of drug-likeness (QED) is 0.501. The molecular weight excluding hydrogens is 376 g/mol. The van der Waals surface area contributed by atoms with Gasteiger partial charge in [0.25, 0.3) is 0 Å². The van der Waals surface area contributed by atoms with Crippen LogP contribution in [0.1, 0.15) is 21.8 Å². The molecule has 27 heavy (non-hydrogen) atoms. The summed E-state index contributed by atoms with van der Waals surface area (Å²) in [5.41, 5.74) is 1.69. The number of fused-ring (bicyclic) bond motifs is 1. The lowest BCUT2D eigenvalue weighted by Gasteiger charge is -2.08. The number of aromatic nitrogens is 2. The molecule has 6 nitrogen and oxygen atoms in total. The van der Waals surface area contributed by atoms with Crippen molar-refractivity contribution in [2.45, 2.75) is 20.5 Å². The van der Waals surface area contributed by atoms with Crippen LogP contribution in [0.5, 0.6) is 5.75 Å². The molecule has 0 N–H and O–H groups in total. The highest BCUT2D eigenvalue weighted by Gasteiger charge is 2.27. The molecule has 0 spiro atoms. The summed E-state index contributed by atoms with van der Waals surface area (Å²) in [4.78, 5) is 22.8. The van der Waals surface area contributed by atoms with Crippen molar-refractivity contribution in [3.63, 3.8) is 0 Å². The van der Waals surface area contributed by atoms with Gasteiger partial charge < -0.3 is 9.47 Å². The second-order valence-corrected chi connectivity index (χ2v) is 7.00. The van der Waals surface area contributed by atoms with E-state index >= 15 is 0 Å². The number of imidazole rings is 1. The number of hydrogen-bond donors (Lipinski definition) is 0. The van der Waals surface area contributed by atoms with Gasteiger partial charge in [-0.15, -0.1) is 11.3 Å². The van der Waals surface area contributed by atoms with Gasteiger partial charge in [-0.1, -0.05) is 12.1 Å². The van der Waals surface area contributed by atoms with Crippen molar-refractivity contribution in [2.24, 2.45) is 4.99 Å². The van der Waals surface area contributed by atoms with Gasteiger partial charge in [0.15, 0.2) is 10.7 Å². The zero-order valence-corrected chi connectivity index (χ0v) is 15.1. The summed E-state index contributed by atoms with van der Waals surface area (Å²) in [6, 6.07) is 6.01. The molecule has 0 saturated heterocycles. The van der Waals surface area contributed by atoms with Crippen LogP contribution < -0.4 is 4.74 Å². The first-order valence-electron chi connectivity index (χ1n) is 7.94. The number of nitrogens with zero attached hydrogens (tertiary/aromatic N) is 3. The predicted molar refractivity (Wildman–Crippen MR) is 96.2 cm³/mol. The van der Waals surface area contributed by atoms with Crippen LogP contribution in [0.15, 0.2) is 41.2 Å². The maximum absolute atomic E-state index is 12.6. The van der Waals surface area contributed by atoms with Crippen LogP contribution in [0.3, 0.4) is 0 Å². The number of aliphatic imine (C=N–C) groups is 1. The average molecular weight is 389 g/mol. The summed E-state index contributed by atoms with van der Waals surface area (Å²) in [6.45, 7) is 0.799. The minimum atomic E-state index is -3.00. The highest BCUT2D eigenvalue weighted by molar-refractivity contribution is 7.17. The molecule has 0 amide bonds. The van der Waals surface area contributed by atoms with Gasteiger partial charge in [-0.25, -0.2) is 14.8 Å². The molecule has 0 bridgehead atoms. The Hall–Kier alpha value is -3.07. The summed E-state index contributed by atoms with van der Waals surface area (Å²) in [7, 11) is 0. The topological polar surface area (TPSA) is 65.2 Å². The number of aryl methyl sites for hydroxylation is 2. The van der Waals surface area contributed by atoms with Gasteiger partial charge in [0.2, 0.25) is 5.90 Å². The molecule has 9 heteroatoms. The number of esters is 1. The standard InChI is InChI=1S/C18H13F2N3O3S/c1-9-8-23-13(10(2)21-18(23)27-9)7-12-16(24)26-15(22-12)11-5-3-4-6-14(11)25-17(19)20/h3-8,17H,1-2H3/b12-7-. The summed E-state index contributed by atoms with van der Waals surface area (Å²) in [5.74, 6) is -0.864. The molecule has 0 aliphatic carbocycles. The Morgan fingerprint density at radius 3 is 2.85 bits per heavy atom. The van der Waals surface area contributed by atoms with Crippen LogP contribution in [-0.2, 0) is 9.53 Å². The Bertz CT molecular complexity index is 1110. The molecule has 0 unspecified atom stereocenters. The maximum atomic E-state index is 12.6. The van der Waals surface area contributed by atoms with Crippen LogP contribution in [0.2, 0.25) is 0 Å². The second kappa shape index (κ2) is 6.58. The van der Waals surface area contributed by atoms with Gasteiger partial charge in [-0.2, -0.15) is 8.78 Å². The minimum Gasteiger partial charge on any atom is -0.434 e. The Balaban J connectivity index is 1.75. The second-order valence-electron chi connectivity index (χ2n) is 5.79. The van der Waals surface area contributed by atoms with E-state index in [9.17, 15) is 13.6 Å². The monoisotopic (exact) mass is 389 g/mol. The minimum absolute atomic E-state index is 0.0607. The number of cyclic esters (lactones) is 1. The van der Waals surface area contributed by atoms with E-state index in [1.54, 1.807) is 18.2 Å². The smallest absolute Gasteiger partial charge is 0.387 e. The van der Waals surface area contributed by atoms with E-state index < -0.39 is 12.6 Å². The fourth-order valence-electron chi connectivity index (χ4n) is 2.75. The van der Waals surface area contributed by atoms with E-state index in [1.807, 2.05) is 24.4 Å². The summed E-state index contributed by atoms with van der Waals surface area (Å²) in [6.07, 6.45) is 3.50. The average Bonchev–Trinajstić information content (AvgIpc) is 3.22. The summed E-state index contributed by atoms with van der Waals surface area (Å²) >= 11 is 1.53. The van der Waals surface area contributed by atoms with E-state index in [0.717, 1.165) is 15.5 Å². The number of halogens is 2. The number of carbonyl (C=O) groups excluding carboxylic acids is 1. The molecule has 3 heterocycles. The Morgan fingerprint density at radius 2 is 2.07 bits per heavy atom. The molecule has 1 aliphatic rings. The summed E-state index contributed by atoms with van der Waals surface area (Å²) < 4.78 is 36.7. The first-order chi connectivity index (χ1) is 12.9. The van der Waals surface area contributed by atoms with Gasteiger partial charge in [0.05, 0.1) is 17.0 Å². The molecule has 138 valence electrons. The number of thiazole rings is 1. The highest BCUT2D eigenvalue weighted by atomic mass is 32.1. The largest absolute Gasteiger partial charge is 0.434 e. The van der Waals surface area contributed by atoms with Crippen LogP contribution in [0, 0.1) is 13.8 Å². The molecule has 3 aromatic rings. The fraction of sp³-hybridized carbons (Fsp3) is 0.167. The van der Waals surface area contributed by atoms with Gasteiger partial charge >= 0.3 is 12.6 Å².